The minimum Gasteiger partial charge on any atom is -0.444 e. The Kier molecular flexibility index (Phi) is 5.45. The lowest BCUT2D eigenvalue weighted by atomic mass is 9.96. The zero-order chi connectivity index (χ0) is 17.7. The van der Waals surface area contributed by atoms with E-state index in [1.165, 1.54) is 0 Å². The van der Waals surface area contributed by atoms with Crippen molar-refractivity contribution in [3.63, 3.8) is 0 Å². The molecule has 6 nitrogen and oxygen atoms in total. The molecule has 1 aliphatic heterocycles. The third kappa shape index (κ3) is 4.98. The summed E-state index contributed by atoms with van der Waals surface area (Å²) in [6, 6.07) is 8.80. The molecule has 6 heteroatoms. The first-order valence-electron chi connectivity index (χ1n) is 8.07. The molecule has 0 aromatic heterocycles. The molecule has 128 valence electrons. The number of rotatable bonds is 2. The first-order valence-corrected chi connectivity index (χ1v) is 8.07. The second-order valence-corrected chi connectivity index (χ2v) is 6.92. The maximum atomic E-state index is 12.3. The zero-order valence-electron chi connectivity index (χ0n) is 14.3. The number of nitrogens with one attached hydrogen (secondary N) is 1. The summed E-state index contributed by atoms with van der Waals surface area (Å²) in [4.78, 5) is 26.0. The fourth-order valence-corrected chi connectivity index (χ4v) is 2.52. The molecular formula is C18H23N3O3. The number of hydrogen-bond donors (Lipinski definition) is 1. The van der Waals surface area contributed by atoms with Gasteiger partial charge in [-0.05, 0) is 57.9 Å². The quantitative estimate of drug-likeness (QED) is 0.903. The summed E-state index contributed by atoms with van der Waals surface area (Å²) < 4.78 is 5.35. The number of likely N-dealkylation sites (tertiary alicyclic amines) is 1. The minimum atomic E-state index is -0.513. The third-order valence-corrected chi connectivity index (χ3v) is 3.80. The summed E-state index contributed by atoms with van der Waals surface area (Å²) in [6.07, 6.45) is 0.899. The van der Waals surface area contributed by atoms with Crippen LogP contribution in [0.5, 0.6) is 0 Å². The Hall–Kier alpha value is -2.55. The summed E-state index contributed by atoms with van der Waals surface area (Å²) in [5, 5.41) is 11.6. The van der Waals surface area contributed by atoms with Gasteiger partial charge in [0.1, 0.15) is 5.60 Å². The molecule has 2 rings (SSSR count). The molecule has 0 spiro atoms. The van der Waals surface area contributed by atoms with Crippen molar-refractivity contribution in [2.75, 3.05) is 18.4 Å². The lowest BCUT2D eigenvalue weighted by Gasteiger charge is -2.32. The number of carbonyl (C=O) groups is 2. The molecule has 1 aromatic rings. The van der Waals surface area contributed by atoms with E-state index in [1.807, 2.05) is 26.8 Å². The van der Waals surface area contributed by atoms with Gasteiger partial charge in [0.05, 0.1) is 11.6 Å². The van der Waals surface area contributed by atoms with Crippen molar-refractivity contribution in [2.24, 2.45) is 5.92 Å². The van der Waals surface area contributed by atoms with Crippen LogP contribution in [0.15, 0.2) is 24.3 Å². The molecule has 1 heterocycles. The summed E-state index contributed by atoms with van der Waals surface area (Å²) in [5.41, 5.74) is 0.716. The lowest BCUT2D eigenvalue weighted by Crippen LogP contribution is -2.43. The smallest absolute Gasteiger partial charge is 0.410 e. The Morgan fingerprint density at radius 1 is 1.21 bits per heavy atom. The van der Waals surface area contributed by atoms with Gasteiger partial charge in [-0.3, -0.25) is 4.79 Å². The summed E-state index contributed by atoms with van der Waals surface area (Å²) in [7, 11) is 0. The van der Waals surface area contributed by atoms with Crippen LogP contribution in [0.3, 0.4) is 0 Å². The van der Waals surface area contributed by atoms with Gasteiger partial charge in [-0.1, -0.05) is 0 Å². The van der Waals surface area contributed by atoms with E-state index in [0.717, 1.165) is 0 Å². The SMILES string of the molecule is CC(C)(C)OC(=O)N1CCC(C(=O)Nc2ccc(C#N)cc2)CC1. The van der Waals surface area contributed by atoms with E-state index in [0.29, 0.717) is 37.2 Å². The normalized spacial score (nSPS) is 15.5. The highest BCUT2D eigenvalue weighted by atomic mass is 16.6. The average molecular weight is 329 g/mol. The standard InChI is InChI=1S/C18H23N3O3/c1-18(2,3)24-17(23)21-10-8-14(9-11-21)16(22)20-15-6-4-13(12-19)5-7-15/h4-7,14H,8-11H2,1-3H3,(H,20,22). The highest BCUT2D eigenvalue weighted by molar-refractivity contribution is 5.92. The molecule has 1 aromatic carbocycles. The number of nitrogens with zero attached hydrogens (tertiary/aromatic N) is 2. The van der Waals surface area contributed by atoms with Crippen molar-refractivity contribution in [3.05, 3.63) is 29.8 Å². The minimum absolute atomic E-state index is 0.0523. The van der Waals surface area contributed by atoms with E-state index in [9.17, 15) is 9.59 Å². The molecule has 1 N–H and O–H groups in total. The lowest BCUT2D eigenvalue weighted by molar-refractivity contribution is -0.121. The van der Waals surface area contributed by atoms with Crippen molar-refractivity contribution in [3.8, 4) is 6.07 Å². The van der Waals surface area contributed by atoms with Crippen LogP contribution in [-0.2, 0) is 9.53 Å². The van der Waals surface area contributed by atoms with Gasteiger partial charge < -0.3 is 15.0 Å². The van der Waals surface area contributed by atoms with Crippen LogP contribution >= 0.6 is 0 Å². The van der Waals surface area contributed by atoms with Gasteiger partial charge in [0, 0.05) is 24.7 Å². The summed E-state index contributed by atoms with van der Waals surface area (Å²) in [6.45, 7) is 6.54. The average Bonchev–Trinajstić information content (AvgIpc) is 2.54. The van der Waals surface area contributed by atoms with Crippen molar-refractivity contribution < 1.29 is 14.3 Å². The zero-order valence-corrected chi connectivity index (χ0v) is 14.3. The topological polar surface area (TPSA) is 82.4 Å². The monoisotopic (exact) mass is 329 g/mol. The number of anilines is 1. The van der Waals surface area contributed by atoms with Gasteiger partial charge >= 0.3 is 6.09 Å². The fraction of sp³-hybridized carbons (Fsp3) is 0.500. The van der Waals surface area contributed by atoms with Crippen LogP contribution in [-0.4, -0.2) is 35.6 Å². The second-order valence-electron chi connectivity index (χ2n) is 6.92. The van der Waals surface area contributed by atoms with Gasteiger partial charge in [0.25, 0.3) is 0 Å². The molecule has 1 saturated heterocycles. The Labute approximate surface area is 142 Å². The Balaban J connectivity index is 1.84. The predicted molar refractivity (Wildman–Crippen MR) is 90.3 cm³/mol. The largest absolute Gasteiger partial charge is 0.444 e. The molecule has 0 aliphatic carbocycles. The molecular weight excluding hydrogens is 306 g/mol. The summed E-state index contributed by atoms with van der Waals surface area (Å²) >= 11 is 0. The number of hydrogen-bond acceptors (Lipinski definition) is 4. The molecule has 24 heavy (non-hydrogen) atoms. The van der Waals surface area contributed by atoms with Crippen LogP contribution in [0.1, 0.15) is 39.2 Å². The number of ether oxygens (including phenoxy) is 1. The van der Waals surface area contributed by atoms with Crippen molar-refractivity contribution in [1.82, 2.24) is 4.90 Å². The molecule has 0 atom stereocenters. The predicted octanol–water partition coefficient (Wildman–Crippen LogP) is 3.14. The molecule has 0 unspecified atom stereocenters. The second kappa shape index (κ2) is 7.35. The molecule has 1 fully saturated rings. The Morgan fingerprint density at radius 2 is 1.79 bits per heavy atom. The van der Waals surface area contributed by atoms with Crippen LogP contribution in [0, 0.1) is 17.2 Å². The van der Waals surface area contributed by atoms with E-state index in [2.05, 4.69) is 5.32 Å². The molecule has 0 radical (unpaired) electrons. The first-order chi connectivity index (χ1) is 11.3. The van der Waals surface area contributed by atoms with Gasteiger partial charge in [-0.2, -0.15) is 5.26 Å². The Bertz CT molecular complexity index is 633. The maximum absolute atomic E-state index is 12.3. The summed E-state index contributed by atoms with van der Waals surface area (Å²) in [5.74, 6) is -0.178. The highest BCUT2D eigenvalue weighted by Crippen LogP contribution is 2.21. The molecule has 2 amide bonds. The van der Waals surface area contributed by atoms with Crippen LogP contribution in [0.2, 0.25) is 0 Å². The van der Waals surface area contributed by atoms with E-state index >= 15 is 0 Å². The first kappa shape index (κ1) is 17.8. The number of amides is 2. The van der Waals surface area contributed by atoms with E-state index < -0.39 is 5.60 Å². The van der Waals surface area contributed by atoms with Crippen LogP contribution in [0.4, 0.5) is 10.5 Å². The fourth-order valence-electron chi connectivity index (χ4n) is 2.52. The number of carbonyl (C=O) groups excluding carboxylic acids is 2. The maximum Gasteiger partial charge on any atom is 0.410 e. The van der Waals surface area contributed by atoms with Crippen molar-refractivity contribution in [1.29, 1.82) is 5.26 Å². The van der Waals surface area contributed by atoms with Gasteiger partial charge in [-0.25, -0.2) is 4.79 Å². The van der Waals surface area contributed by atoms with E-state index in [1.54, 1.807) is 29.2 Å². The number of nitriles is 1. The molecule has 0 bridgehead atoms. The molecule has 0 saturated carbocycles. The van der Waals surface area contributed by atoms with Gasteiger partial charge in [-0.15, -0.1) is 0 Å². The number of benzene rings is 1. The van der Waals surface area contributed by atoms with E-state index in [-0.39, 0.29) is 17.9 Å². The third-order valence-electron chi connectivity index (χ3n) is 3.80. The van der Waals surface area contributed by atoms with Gasteiger partial charge in [0.15, 0.2) is 0 Å². The Morgan fingerprint density at radius 3 is 2.29 bits per heavy atom. The van der Waals surface area contributed by atoms with Crippen molar-refractivity contribution in [2.45, 2.75) is 39.2 Å². The molecule has 1 aliphatic rings. The number of piperidine rings is 1. The van der Waals surface area contributed by atoms with Crippen LogP contribution in [0.25, 0.3) is 0 Å². The van der Waals surface area contributed by atoms with Crippen molar-refractivity contribution >= 4 is 17.7 Å². The van der Waals surface area contributed by atoms with Crippen LogP contribution < -0.4 is 5.32 Å². The van der Waals surface area contributed by atoms with Gasteiger partial charge in [0.2, 0.25) is 5.91 Å². The highest BCUT2D eigenvalue weighted by Gasteiger charge is 2.29. The van der Waals surface area contributed by atoms with E-state index in [4.69, 9.17) is 10.00 Å².